The molecule has 0 unspecified atom stereocenters. The summed E-state index contributed by atoms with van der Waals surface area (Å²) < 4.78 is 43.4. The van der Waals surface area contributed by atoms with Crippen molar-refractivity contribution < 1.29 is 17.9 Å². The predicted octanol–water partition coefficient (Wildman–Crippen LogP) is 4.73. The van der Waals surface area contributed by atoms with Gasteiger partial charge in [0.15, 0.2) is 0 Å². The van der Waals surface area contributed by atoms with Gasteiger partial charge in [-0.2, -0.15) is 13.2 Å². The van der Waals surface area contributed by atoms with Crippen molar-refractivity contribution >= 4 is 17.3 Å². The second-order valence-corrected chi connectivity index (χ2v) is 5.52. The lowest BCUT2D eigenvalue weighted by Crippen LogP contribution is -2.29. The van der Waals surface area contributed by atoms with E-state index in [2.05, 4.69) is 5.32 Å². The van der Waals surface area contributed by atoms with Crippen molar-refractivity contribution in [3.63, 3.8) is 0 Å². The molecule has 1 aromatic carbocycles. The van der Waals surface area contributed by atoms with E-state index in [4.69, 9.17) is 16.3 Å². The predicted molar refractivity (Wildman–Crippen MR) is 73.1 cm³/mol. The summed E-state index contributed by atoms with van der Waals surface area (Å²) in [7, 11) is 1.69. The van der Waals surface area contributed by atoms with Crippen LogP contribution in [0.5, 0.6) is 0 Å². The van der Waals surface area contributed by atoms with Gasteiger partial charge in [0.2, 0.25) is 0 Å². The third-order valence-electron chi connectivity index (χ3n) is 3.60. The molecule has 0 radical (unpaired) electrons. The maximum atomic E-state index is 12.7. The zero-order valence-electron chi connectivity index (χ0n) is 11.1. The molecule has 1 aliphatic carbocycles. The molecule has 1 N–H and O–H groups in total. The molecule has 1 aliphatic rings. The maximum absolute atomic E-state index is 12.7. The topological polar surface area (TPSA) is 21.3 Å². The SMILES string of the molecule is COC1CCC(Nc2cc(Cl)cc(C(F)(F)F)c2)CC1. The van der Waals surface area contributed by atoms with Crippen LogP contribution < -0.4 is 5.32 Å². The highest BCUT2D eigenvalue weighted by Crippen LogP contribution is 2.34. The van der Waals surface area contributed by atoms with E-state index in [1.165, 1.54) is 6.07 Å². The Bertz CT molecular complexity index is 456. The van der Waals surface area contributed by atoms with Crippen LogP contribution in [0.4, 0.5) is 18.9 Å². The summed E-state index contributed by atoms with van der Waals surface area (Å²) in [5.74, 6) is 0. The molecule has 0 saturated heterocycles. The van der Waals surface area contributed by atoms with E-state index in [1.807, 2.05) is 0 Å². The Hall–Kier alpha value is -0.940. The molecular formula is C14H17ClF3NO. The van der Waals surface area contributed by atoms with Gasteiger partial charge in [0, 0.05) is 23.9 Å². The van der Waals surface area contributed by atoms with E-state index in [9.17, 15) is 13.2 Å². The Kier molecular flexibility index (Phi) is 4.81. The zero-order chi connectivity index (χ0) is 14.8. The number of hydrogen-bond acceptors (Lipinski definition) is 2. The van der Waals surface area contributed by atoms with Gasteiger partial charge in [-0.25, -0.2) is 0 Å². The Morgan fingerprint density at radius 2 is 1.80 bits per heavy atom. The largest absolute Gasteiger partial charge is 0.416 e. The van der Waals surface area contributed by atoms with Crippen LogP contribution in [0.1, 0.15) is 31.2 Å². The van der Waals surface area contributed by atoms with Crippen molar-refractivity contribution in [1.82, 2.24) is 0 Å². The third-order valence-corrected chi connectivity index (χ3v) is 3.82. The molecule has 0 aromatic heterocycles. The molecular weight excluding hydrogens is 291 g/mol. The smallest absolute Gasteiger partial charge is 0.382 e. The van der Waals surface area contributed by atoms with Crippen LogP contribution in [0.25, 0.3) is 0 Å². The highest BCUT2D eigenvalue weighted by Gasteiger charge is 2.31. The van der Waals surface area contributed by atoms with E-state index in [-0.39, 0.29) is 17.2 Å². The molecule has 20 heavy (non-hydrogen) atoms. The number of ether oxygens (including phenoxy) is 1. The standard InChI is InChI=1S/C14H17ClF3NO/c1-20-13-4-2-11(3-5-13)19-12-7-9(14(16,17)18)6-10(15)8-12/h6-8,11,13,19H,2-5H2,1H3. The van der Waals surface area contributed by atoms with Crippen molar-refractivity contribution in [3.8, 4) is 0 Å². The summed E-state index contributed by atoms with van der Waals surface area (Å²) >= 11 is 5.76. The van der Waals surface area contributed by atoms with Gasteiger partial charge >= 0.3 is 6.18 Å². The zero-order valence-corrected chi connectivity index (χ0v) is 11.9. The van der Waals surface area contributed by atoms with Crippen LogP contribution in [-0.4, -0.2) is 19.3 Å². The minimum absolute atomic E-state index is 0.0907. The van der Waals surface area contributed by atoms with Gasteiger partial charge in [-0.05, 0) is 43.9 Å². The summed E-state index contributed by atoms with van der Waals surface area (Å²) in [6.07, 6.45) is -0.520. The van der Waals surface area contributed by atoms with Gasteiger partial charge in [0.05, 0.1) is 11.7 Å². The Balaban J connectivity index is 2.05. The molecule has 0 aliphatic heterocycles. The Morgan fingerprint density at radius 3 is 2.35 bits per heavy atom. The summed E-state index contributed by atoms with van der Waals surface area (Å²) in [6.45, 7) is 0. The maximum Gasteiger partial charge on any atom is 0.416 e. The number of benzene rings is 1. The second kappa shape index (κ2) is 6.22. The van der Waals surface area contributed by atoms with Crippen LogP contribution in [0.2, 0.25) is 5.02 Å². The van der Waals surface area contributed by atoms with Crippen molar-refractivity contribution in [1.29, 1.82) is 0 Å². The summed E-state index contributed by atoms with van der Waals surface area (Å²) in [5.41, 5.74) is -0.302. The number of hydrogen-bond donors (Lipinski definition) is 1. The van der Waals surface area contributed by atoms with E-state index in [1.54, 1.807) is 7.11 Å². The molecule has 1 aromatic rings. The molecule has 0 spiro atoms. The average Bonchev–Trinajstić information content (AvgIpc) is 2.38. The first-order valence-corrected chi connectivity index (χ1v) is 6.93. The van der Waals surface area contributed by atoms with Gasteiger partial charge < -0.3 is 10.1 Å². The number of rotatable bonds is 3. The monoisotopic (exact) mass is 307 g/mol. The molecule has 0 bridgehead atoms. The van der Waals surface area contributed by atoms with Gasteiger partial charge in [-0.1, -0.05) is 11.6 Å². The average molecular weight is 308 g/mol. The summed E-state index contributed by atoms with van der Waals surface area (Å²) in [4.78, 5) is 0. The van der Waals surface area contributed by atoms with Crippen molar-refractivity contribution in [2.75, 3.05) is 12.4 Å². The fourth-order valence-electron chi connectivity index (χ4n) is 2.52. The van der Waals surface area contributed by atoms with Crippen molar-refractivity contribution in [2.24, 2.45) is 0 Å². The normalized spacial score (nSPS) is 23.6. The molecule has 0 amide bonds. The summed E-state index contributed by atoms with van der Waals surface area (Å²) in [6, 6.07) is 3.74. The van der Waals surface area contributed by atoms with Crippen molar-refractivity contribution in [2.45, 2.75) is 44.0 Å². The Labute approximate surface area is 121 Å². The van der Waals surface area contributed by atoms with Gasteiger partial charge in [-0.3, -0.25) is 0 Å². The number of anilines is 1. The first-order valence-electron chi connectivity index (χ1n) is 6.55. The van der Waals surface area contributed by atoms with Crippen molar-refractivity contribution in [3.05, 3.63) is 28.8 Å². The van der Waals surface area contributed by atoms with Crippen LogP contribution >= 0.6 is 11.6 Å². The first-order chi connectivity index (χ1) is 9.38. The fraction of sp³-hybridized carbons (Fsp3) is 0.571. The van der Waals surface area contributed by atoms with Crippen LogP contribution in [0.15, 0.2) is 18.2 Å². The first kappa shape index (κ1) is 15.4. The van der Waals surface area contributed by atoms with Gasteiger partial charge in [0.25, 0.3) is 0 Å². The lowest BCUT2D eigenvalue weighted by Gasteiger charge is -2.29. The molecule has 0 atom stereocenters. The fourth-order valence-corrected chi connectivity index (χ4v) is 2.75. The van der Waals surface area contributed by atoms with E-state index < -0.39 is 11.7 Å². The molecule has 1 saturated carbocycles. The number of methoxy groups -OCH3 is 1. The summed E-state index contributed by atoms with van der Waals surface area (Å²) in [5, 5.41) is 3.23. The van der Waals surface area contributed by atoms with Gasteiger partial charge in [0.1, 0.15) is 0 Å². The minimum Gasteiger partial charge on any atom is -0.382 e. The molecule has 112 valence electrons. The van der Waals surface area contributed by atoms with E-state index in [0.717, 1.165) is 37.8 Å². The number of alkyl halides is 3. The number of halogens is 4. The highest BCUT2D eigenvalue weighted by atomic mass is 35.5. The minimum atomic E-state index is -4.38. The number of nitrogens with one attached hydrogen (secondary N) is 1. The lowest BCUT2D eigenvalue weighted by atomic mass is 9.93. The quantitative estimate of drug-likeness (QED) is 0.871. The van der Waals surface area contributed by atoms with Crippen LogP contribution in [-0.2, 0) is 10.9 Å². The van der Waals surface area contributed by atoms with Crippen LogP contribution in [0.3, 0.4) is 0 Å². The van der Waals surface area contributed by atoms with Gasteiger partial charge in [-0.15, -0.1) is 0 Å². The van der Waals surface area contributed by atoms with E-state index in [0.29, 0.717) is 5.69 Å². The lowest BCUT2D eigenvalue weighted by molar-refractivity contribution is -0.137. The highest BCUT2D eigenvalue weighted by molar-refractivity contribution is 6.30. The van der Waals surface area contributed by atoms with Crippen LogP contribution in [0, 0.1) is 0 Å². The molecule has 1 fully saturated rings. The second-order valence-electron chi connectivity index (χ2n) is 5.08. The Morgan fingerprint density at radius 1 is 1.15 bits per heavy atom. The van der Waals surface area contributed by atoms with E-state index >= 15 is 0 Å². The molecule has 6 heteroatoms. The molecule has 0 heterocycles. The molecule has 2 nitrogen and oxygen atoms in total. The third kappa shape index (κ3) is 4.03. The molecule has 2 rings (SSSR count).